The van der Waals surface area contributed by atoms with Crippen molar-refractivity contribution in [3.63, 3.8) is 0 Å². The van der Waals surface area contributed by atoms with E-state index >= 15 is 0 Å². The van der Waals surface area contributed by atoms with Crippen LogP contribution in [0.1, 0.15) is 25.2 Å². The monoisotopic (exact) mass is 400 g/mol. The number of aromatic nitrogens is 5. The number of hydrogen-bond donors (Lipinski definition) is 2. The van der Waals surface area contributed by atoms with Gasteiger partial charge in [0.25, 0.3) is 0 Å². The van der Waals surface area contributed by atoms with Crippen molar-refractivity contribution in [2.75, 3.05) is 11.1 Å². The number of nitrogens with one attached hydrogen (secondary N) is 1. The molecule has 3 rings (SSSR count). The molecule has 0 atom stereocenters. The third-order valence-electron chi connectivity index (χ3n) is 3.86. The van der Waals surface area contributed by atoms with E-state index in [4.69, 9.17) is 5.73 Å². The third-order valence-corrected chi connectivity index (χ3v) is 3.86. The van der Waals surface area contributed by atoms with Gasteiger partial charge in [0.2, 0.25) is 11.9 Å². The minimum atomic E-state index is -4.60. The smallest absolute Gasteiger partial charge is 0.368 e. The molecular formula is C18H15F3N8. The molecule has 3 heterocycles. The Labute approximate surface area is 163 Å². The number of nitrogens with two attached hydrogens (primary N) is 1. The van der Waals surface area contributed by atoms with Crippen LogP contribution in [0.25, 0.3) is 11.5 Å². The van der Waals surface area contributed by atoms with Crippen LogP contribution < -0.4 is 11.1 Å². The number of nitriles is 1. The van der Waals surface area contributed by atoms with E-state index in [9.17, 15) is 18.4 Å². The molecule has 0 amide bonds. The van der Waals surface area contributed by atoms with Crippen LogP contribution in [0, 0.1) is 11.3 Å². The van der Waals surface area contributed by atoms with Gasteiger partial charge in [0.1, 0.15) is 11.4 Å². The molecule has 0 aliphatic carbocycles. The van der Waals surface area contributed by atoms with Gasteiger partial charge in [-0.25, -0.2) is 4.98 Å². The number of alkyl halides is 3. The van der Waals surface area contributed by atoms with Crippen molar-refractivity contribution in [3.8, 4) is 17.6 Å². The van der Waals surface area contributed by atoms with Crippen molar-refractivity contribution in [1.29, 1.82) is 5.26 Å². The number of nitrogen functional groups attached to an aromatic ring is 1. The predicted octanol–water partition coefficient (Wildman–Crippen LogP) is 3.47. The zero-order valence-electron chi connectivity index (χ0n) is 15.4. The lowest BCUT2D eigenvalue weighted by Gasteiger charge is -2.15. The molecule has 0 aliphatic heterocycles. The summed E-state index contributed by atoms with van der Waals surface area (Å²) in [6, 6.07) is 8.82. The molecule has 3 aromatic heterocycles. The van der Waals surface area contributed by atoms with Gasteiger partial charge in [-0.1, -0.05) is 6.07 Å². The Balaban J connectivity index is 1.95. The van der Waals surface area contributed by atoms with Gasteiger partial charge in [-0.15, -0.1) is 0 Å². The molecule has 0 bridgehead atoms. The number of nitrogens with zero attached hydrogens (tertiary/aromatic N) is 6. The number of anilines is 3. The van der Waals surface area contributed by atoms with Crippen LogP contribution in [0.4, 0.5) is 30.8 Å². The van der Waals surface area contributed by atoms with Gasteiger partial charge in [-0.2, -0.15) is 33.4 Å². The fourth-order valence-electron chi connectivity index (χ4n) is 2.32. The molecule has 0 saturated carbocycles. The molecule has 3 aromatic rings. The van der Waals surface area contributed by atoms with Gasteiger partial charge in [0.15, 0.2) is 5.82 Å². The molecule has 0 aromatic carbocycles. The standard InChI is InChI=1S/C18H15F3N8/c1-17(2,9-22)13-8-10(6-7-24-13)25-16-28-14(27-15(23)29-16)11-4-3-5-12(26-11)18(19,20)21/h3-8H,1-2H3,(H3,23,24,25,27,28,29). The Hall–Kier alpha value is -3.81. The summed E-state index contributed by atoms with van der Waals surface area (Å²) in [6.45, 7) is 3.44. The quantitative estimate of drug-likeness (QED) is 0.682. The summed E-state index contributed by atoms with van der Waals surface area (Å²) < 4.78 is 38.7. The van der Waals surface area contributed by atoms with E-state index in [2.05, 4.69) is 36.3 Å². The van der Waals surface area contributed by atoms with E-state index in [1.807, 2.05) is 0 Å². The highest BCUT2D eigenvalue weighted by Crippen LogP contribution is 2.29. The highest BCUT2D eigenvalue weighted by molar-refractivity contribution is 5.59. The highest BCUT2D eigenvalue weighted by Gasteiger charge is 2.32. The number of hydrogen-bond acceptors (Lipinski definition) is 8. The first-order valence-electron chi connectivity index (χ1n) is 8.29. The SMILES string of the molecule is CC(C)(C#N)c1cc(Nc2nc(N)nc(-c3cccc(C(F)(F)F)n3)n2)ccn1. The maximum absolute atomic E-state index is 12.9. The molecule has 3 N–H and O–H groups in total. The minimum absolute atomic E-state index is 0.0126. The van der Waals surface area contributed by atoms with Crippen LogP contribution in [-0.2, 0) is 11.6 Å². The molecule has 29 heavy (non-hydrogen) atoms. The van der Waals surface area contributed by atoms with Gasteiger partial charge in [0, 0.05) is 11.9 Å². The van der Waals surface area contributed by atoms with Crippen LogP contribution in [-0.4, -0.2) is 24.9 Å². The topological polar surface area (TPSA) is 126 Å². The summed E-state index contributed by atoms with van der Waals surface area (Å²) in [4.78, 5) is 19.7. The van der Waals surface area contributed by atoms with Gasteiger partial charge >= 0.3 is 6.18 Å². The first kappa shape index (κ1) is 19.9. The Bertz CT molecular complexity index is 1090. The fourth-order valence-corrected chi connectivity index (χ4v) is 2.32. The summed E-state index contributed by atoms with van der Waals surface area (Å²) in [6.07, 6.45) is -3.09. The summed E-state index contributed by atoms with van der Waals surface area (Å²) >= 11 is 0. The molecule has 0 unspecified atom stereocenters. The second kappa shape index (κ2) is 7.31. The summed E-state index contributed by atoms with van der Waals surface area (Å²) in [5.74, 6) is -0.292. The van der Waals surface area contributed by atoms with Crippen molar-refractivity contribution in [3.05, 3.63) is 47.9 Å². The van der Waals surface area contributed by atoms with Crippen LogP contribution in [0.3, 0.4) is 0 Å². The zero-order chi connectivity index (χ0) is 21.2. The average molecular weight is 400 g/mol. The van der Waals surface area contributed by atoms with E-state index in [-0.39, 0.29) is 23.4 Å². The Morgan fingerprint density at radius 2 is 1.79 bits per heavy atom. The van der Waals surface area contributed by atoms with E-state index in [0.29, 0.717) is 11.4 Å². The lowest BCUT2D eigenvalue weighted by molar-refractivity contribution is -0.141. The van der Waals surface area contributed by atoms with E-state index in [1.54, 1.807) is 26.0 Å². The molecule has 0 fully saturated rings. The van der Waals surface area contributed by atoms with Crippen LogP contribution >= 0.6 is 0 Å². The highest BCUT2D eigenvalue weighted by atomic mass is 19.4. The maximum Gasteiger partial charge on any atom is 0.433 e. The Morgan fingerprint density at radius 1 is 1.03 bits per heavy atom. The second-order valence-electron chi connectivity index (χ2n) is 6.54. The third kappa shape index (κ3) is 4.55. The maximum atomic E-state index is 12.9. The molecule has 0 radical (unpaired) electrons. The van der Waals surface area contributed by atoms with Crippen molar-refractivity contribution >= 4 is 17.6 Å². The molecule has 0 saturated heterocycles. The van der Waals surface area contributed by atoms with E-state index in [0.717, 1.165) is 6.07 Å². The summed E-state index contributed by atoms with van der Waals surface area (Å²) in [7, 11) is 0. The number of halogens is 3. The van der Waals surface area contributed by atoms with Crippen molar-refractivity contribution in [1.82, 2.24) is 24.9 Å². The van der Waals surface area contributed by atoms with Crippen molar-refractivity contribution < 1.29 is 13.2 Å². The van der Waals surface area contributed by atoms with Crippen LogP contribution in [0.15, 0.2) is 36.5 Å². The van der Waals surface area contributed by atoms with Crippen molar-refractivity contribution in [2.24, 2.45) is 0 Å². The molecule has 148 valence electrons. The normalized spacial score (nSPS) is 11.7. The van der Waals surface area contributed by atoms with Gasteiger partial charge in [-0.3, -0.25) is 4.98 Å². The lowest BCUT2D eigenvalue weighted by atomic mass is 9.91. The van der Waals surface area contributed by atoms with Crippen LogP contribution in [0.2, 0.25) is 0 Å². The molecule has 0 aliphatic rings. The van der Waals surface area contributed by atoms with Crippen LogP contribution in [0.5, 0.6) is 0 Å². The predicted molar refractivity (Wildman–Crippen MR) is 98.6 cm³/mol. The van der Waals surface area contributed by atoms with E-state index in [1.165, 1.54) is 18.3 Å². The average Bonchev–Trinajstić information content (AvgIpc) is 2.67. The Kier molecular flexibility index (Phi) is 5.02. The second-order valence-corrected chi connectivity index (χ2v) is 6.54. The molecule has 0 spiro atoms. The van der Waals surface area contributed by atoms with Gasteiger partial charge in [-0.05, 0) is 38.1 Å². The Morgan fingerprint density at radius 3 is 2.48 bits per heavy atom. The van der Waals surface area contributed by atoms with Gasteiger partial charge < -0.3 is 11.1 Å². The molecule has 8 nitrogen and oxygen atoms in total. The van der Waals surface area contributed by atoms with Gasteiger partial charge in [0.05, 0.1) is 17.2 Å². The fraction of sp³-hybridized carbons (Fsp3) is 0.222. The first-order chi connectivity index (χ1) is 13.6. The summed E-state index contributed by atoms with van der Waals surface area (Å²) in [5, 5.41) is 12.2. The lowest BCUT2D eigenvalue weighted by Crippen LogP contribution is -2.16. The van der Waals surface area contributed by atoms with Crippen molar-refractivity contribution in [2.45, 2.75) is 25.4 Å². The molecular weight excluding hydrogens is 385 g/mol. The number of rotatable bonds is 4. The molecule has 11 heteroatoms. The minimum Gasteiger partial charge on any atom is -0.368 e. The summed E-state index contributed by atoms with van der Waals surface area (Å²) in [5.41, 5.74) is 4.74. The van der Waals surface area contributed by atoms with E-state index < -0.39 is 17.3 Å². The number of pyridine rings is 2. The zero-order valence-corrected chi connectivity index (χ0v) is 15.4. The first-order valence-corrected chi connectivity index (χ1v) is 8.29. The largest absolute Gasteiger partial charge is 0.433 e.